The van der Waals surface area contributed by atoms with Crippen molar-refractivity contribution in [2.24, 2.45) is 13.0 Å². The predicted octanol–water partition coefficient (Wildman–Crippen LogP) is 1.46. The highest BCUT2D eigenvalue weighted by molar-refractivity contribution is 5.97. The zero-order valence-corrected chi connectivity index (χ0v) is 9.96. The molecule has 0 saturated heterocycles. The molecule has 2 aromatic heterocycles. The Labute approximate surface area is 103 Å². The van der Waals surface area contributed by atoms with E-state index >= 15 is 0 Å². The van der Waals surface area contributed by atoms with Crippen LogP contribution in [0.2, 0.25) is 0 Å². The molecule has 3 rings (SSSR count). The molecule has 0 unspecified atom stereocenters. The van der Waals surface area contributed by atoms with Crippen molar-refractivity contribution >= 4 is 17.0 Å². The number of aromatic carboxylic acids is 1. The van der Waals surface area contributed by atoms with Gasteiger partial charge in [-0.3, -0.25) is 4.68 Å². The van der Waals surface area contributed by atoms with Gasteiger partial charge in [0.15, 0.2) is 5.65 Å². The van der Waals surface area contributed by atoms with Gasteiger partial charge in [-0.2, -0.15) is 5.10 Å². The van der Waals surface area contributed by atoms with E-state index in [1.165, 1.54) is 6.20 Å². The highest BCUT2D eigenvalue weighted by atomic mass is 16.5. The molecular formula is C12H13N3O3. The number of nitrogens with zero attached hydrogens (tertiary/aromatic N) is 3. The molecule has 2 heterocycles. The van der Waals surface area contributed by atoms with Crippen LogP contribution in [0.5, 0.6) is 5.75 Å². The van der Waals surface area contributed by atoms with Gasteiger partial charge in [0.1, 0.15) is 11.3 Å². The van der Waals surface area contributed by atoms with Gasteiger partial charge in [-0.15, -0.1) is 0 Å². The second-order valence-corrected chi connectivity index (χ2v) is 4.57. The zero-order chi connectivity index (χ0) is 12.7. The summed E-state index contributed by atoms with van der Waals surface area (Å²) in [5, 5.41) is 13.9. The number of ether oxygens (including phenoxy) is 1. The minimum Gasteiger partial charge on any atom is -0.491 e. The highest BCUT2D eigenvalue weighted by Crippen LogP contribution is 2.33. The quantitative estimate of drug-likeness (QED) is 0.884. The van der Waals surface area contributed by atoms with Gasteiger partial charge in [0.2, 0.25) is 0 Å². The lowest BCUT2D eigenvalue weighted by molar-refractivity contribution is 0.0692. The summed E-state index contributed by atoms with van der Waals surface area (Å²) in [6.07, 6.45) is 5.24. The van der Waals surface area contributed by atoms with Crippen LogP contribution in [0.4, 0.5) is 0 Å². The van der Waals surface area contributed by atoms with E-state index in [1.54, 1.807) is 17.9 Å². The number of aryl methyl sites for hydroxylation is 1. The summed E-state index contributed by atoms with van der Waals surface area (Å²) >= 11 is 0. The normalized spacial score (nSPS) is 14.9. The Kier molecular flexibility index (Phi) is 2.43. The SMILES string of the molecule is Cn1ncc2c(OCC3CC3)c(C(=O)O)cnc21. The molecule has 0 atom stereocenters. The Bertz CT molecular complexity index is 616. The van der Waals surface area contributed by atoms with Gasteiger partial charge in [0.05, 0.1) is 18.2 Å². The van der Waals surface area contributed by atoms with Crippen LogP contribution in [0.25, 0.3) is 11.0 Å². The first kappa shape index (κ1) is 11.0. The molecule has 94 valence electrons. The fourth-order valence-corrected chi connectivity index (χ4v) is 1.87. The molecule has 2 aromatic rings. The van der Waals surface area contributed by atoms with Crippen molar-refractivity contribution in [2.45, 2.75) is 12.8 Å². The van der Waals surface area contributed by atoms with E-state index in [0.717, 1.165) is 12.8 Å². The minimum absolute atomic E-state index is 0.0937. The van der Waals surface area contributed by atoms with Crippen molar-refractivity contribution in [3.8, 4) is 5.75 Å². The van der Waals surface area contributed by atoms with Crippen molar-refractivity contribution in [2.75, 3.05) is 6.61 Å². The van der Waals surface area contributed by atoms with Gasteiger partial charge < -0.3 is 9.84 Å². The molecule has 1 saturated carbocycles. The van der Waals surface area contributed by atoms with E-state index in [0.29, 0.717) is 29.3 Å². The summed E-state index contributed by atoms with van der Waals surface area (Å²) in [5.41, 5.74) is 0.724. The van der Waals surface area contributed by atoms with E-state index in [2.05, 4.69) is 10.1 Å². The fourth-order valence-electron chi connectivity index (χ4n) is 1.87. The number of carbonyl (C=O) groups is 1. The van der Waals surface area contributed by atoms with E-state index < -0.39 is 5.97 Å². The summed E-state index contributed by atoms with van der Waals surface area (Å²) in [7, 11) is 1.76. The molecule has 1 fully saturated rings. The van der Waals surface area contributed by atoms with Crippen LogP contribution in [0, 0.1) is 5.92 Å². The number of fused-ring (bicyclic) bond motifs is 1. The van der Waals surface area contributed by atoms with Crippen LogP contribution >= 0.6 is 0 Å². The molecular weight excluding hydrogens is 234 g/mol. The Morgan fingerprint density at radius 1 is 1.56 bits per heavy atom. The second kappa shape index (κ2) is 3.97. The second-order valence-electron chi connectivity index (χ2n) is 4.57. The maximum Gasteiger partial charge on any atom is 0.341 e. The number of pyridine rings is 1. The minimum atomic E-state index is -1.03. The summed E-state index contributed by atoms with van der Waals surface area (Å²) in [6, 6.07) is 0. The number of rotatable bonds is 4. The van der Waals surface area contributed by atoms with Crippen molar-refractivity contribution in [3.63, 3.8) is 0 Å². The van der Waals surface area contributed by atoms with E-state index in [9.17, 15) is 4.79 Å². The van der Waals surface area contributed by atoms with Gasteiger partial charge in [-0.25, -0.2) is 9.78 Å². The average Bonchev–Trinajstić information content (AvgIpc) is 3.10. The zero-order valence-electron chi connectivity index (χ0n) is 9.96. The van der Waals surface area contributed by atoms with E-state index in [-0.39, 0.29) is 5.56 Å². The fraction of sp³-hybridized carbons (Fsp3) is 0.417. The lowest BCUT2D eigenvalue weighted by Crippen LogP contribution is -2.07. The Morgan fingerprint density at radius 2 is 2.33 bits per heavy atom. The van der Waals surface area contributed by atoms with Crippen molar-refractivity contribution in [1.82, 2.24) is 14.8 Å². The van der Waals surface area contributed by atoms with Crippen molar-refractivity contribution < 1.29 is 14.6 Å². The molecule has 0 aromatic carbocycles. The molecule has 0 amide bonds. The molecule has 1 N–H and O–H groups in total. The number of carboxylic acids is 1. The van der Waals surface area contributed by atoms with Crippen LogP contribution in [0.3, 0.4) is 0 Å². The summed E-state index contributed by atoms with van der Waals surface area (Å²) in [6.45, 7) is 0.564. The van der Waals surface area contributed by atoms with Crippen molar-refractivity contribution in [1.29, 1.82) is 0 Å². The first-order valence-electron chi connectivity index (χ1n) is 5.83. The summed E-state index contributed by atoms with van der Waals surface area (Å²) < 4.78 is 7.28. The largest absolute Gasteiger partial charge is 0.491 e. The van der Waals surface area contributed by atoms with E-state index in [1.807, 2.05) is 0 Å². The summed E-state index contributed by atoms with van der Waals surface area (Å²) in [5.74, 6) is -0.0851. The maximum atomic E-state index is 11.2. The van der Waals surface area contributed by atoms with Crippen LogP contribution in [0.1, 0.15) is 23.2 Å². The van der Waals surface area contributed by atoms with Gasteiger partial charge >= 0.3 is 5.97 Å². The molecule has 6 heteroatoms. The third kappa shape index (κ3) is 1.79. The average molecular weight is 247 g/mol. The van der Waals surface area contributed by atoms with Gasteiger partial charge in [0.25, 0.3) is 0 Å². The van der Waals surface area contributed by atoms with Crippen LogP contribution in [-0.4, -0.2) is 32.4 Å². The van der Waals surface area contributed by atoms with Crippen LogP contribution in [-0.2, 0) is 7.05 Å². The highest BCUT2D eigenvalue weighted by Gasteiger charge is 2.24. The Balaban J connectivity index is 2.08. The first-order chi connectivity index (χ1) is 8.66. The molecule has 0 bridgehead atoms. The molecule has 0 spiro atoms. The number of carboxylic acid groups (broad SMARTS) is 1. The third-order valence-corrected chi connectivity index (χ3v) is 3.10. The Hall–Kier alpha value is -2.11. The summed E-state index contributed by atoms with van der Waals surface area (Å²) in [4.78, 5) is 15.3. The van der Waals surface area contributed by atoms with E-state index in [4.69, 9.17) is 9.84 Å². The maximum absolute atomic E-state index is 11.2. The first-order valence-corrected chi connectivity index (χ1v) is 5.83. The predicted molar refractivity (Wildman–Crippen MR) is 63.7 cm³/mol. The van der Waals surface area contributed by atoms with Crippen LogP contribution in [0.15, 0.2) is 12.4 Å². The topological polar surface area (TPSA) is 77.2 Å². The van der Waals surface area contributed by atoms with Gasteiger partial charge in [-0.05, 0) is 18.8 Å². The standard InChI is InChI=1S/C12H13N3O3/c1-15-11-8(5-14-15)10(18-6-7-2-3-7)9(4-13-11)12(16)17/h4-5,7H,2-3,6H2,1H3,(H,16,17). The molecule has 6 nitrogen and oxygen atoms in total. The number of hydrogen-bond acceptors (Lipinski definition) is 4. The molecule has 1 aliphatic rings. The molecule has 18 heavy (non-hydrogen) atoms. The lowest BCUT2D eigenvalue weighted by atomic mass is 10.2. The van der Waals surface area contributed by atoms with Gasteiger partial charge in [0, 0.05) is 13.2 Å². The van der Waals surface area contributed by atoms with Gasteiger partial charge in [-0.1, -0.05) is 0 Å². The Morgan fingerprint density at radius 3 is 3.00 bits per heavy atom. The van der Waals surface area contributed by atoms with Crippen LogP contribution < -0.4 is 4.74 Å². The molecule has 0 aliphatic heterocycles. The van der Waals surface area contributed by atoms with Crippen molar-refractivity contribution in [3.05, 3.63) is 18.0 Å². The molecule has 0 radical (unpaired) electrons. The monoisotopic (exact) mass is 247 g/mol. The number of hydrogen-bond donors (Lipinski definition) is 1. The number of aromatic nitrogens is 3. The smallest absolute Gasteiger partial charge is 0.341 e. The lowest BCUT2D eigenvalue weighted by Gasteiger charge is -2.09. The molecule has 1 aliphatic carbocycles. The third-order valence-electron chi connectivity index (χ3n) is 3.10.